The maximum absolute atomic E-state index is 11.9. The van der Waals surface area contributed by atoms with E-state index in [9.17, 15) is 9.59 Å². The highest BCUT2D eigenvalue weighted by molar-refractivity contribution is 5.92. The Morgan fingerprint density at radius 2 is 1.91 bits per heavy atom. The van der Waals surface area contributed by atoms with E-state index in [1.165, 1.54) is 32.6 Å². The van der Waals surface area contributed by atoms with Crippen LogP contribution in [0.25, 0.3) is 0 Å². The molecule has 0 aromatic heterocycles. The normalized spacial score (nSPS) is 23.3. The van der Waals surface area contributed by atoms with Crippen molar-refractivity contribution < 1.29 is 23.8 Å². The number of cyclic esters (lactones) is 1. The molecule has 1 aliphatic heterocycles. The second-order valence-electron chi connectivity index (χ2n) is 6.00. The first-order valence-corrected chi connectivity index (χ1v) is 8.03. The van der Waals surface area contributed by atoms with Crippen molar-refractivity contribution in [3.05, 3.63) is 35.1 Å². The molecule has 5 heteroatoms. The topological polar surface area (TPSA) is 61.8 Å². The van der Waals surface area contributed by atoms with Crippen molar-refractivity contribution in [2.45, 2.75) is 52.2 Å². The lowest BCUT2D eigenvalue weighted by Gasteiger charge is -2.17. The second-order valence-corrected chi connectivity index (χ2v) is 6.00. The number of carbonyl (C=O) groups is 2. The molecule has 2 rings (SSSR count). The number of hydrogen-bond donors (Lipinski definition) is 0. The first-order valence-electron chi connectivity index (χ1n) is 8.03. The molecule has 1 aliphatic carbocycles. The second kappa shape index (κ2) is 7.99. The van der Waals surface area contributed by atoms with Crippen LogP contribution in [-0.2, 0) is 23.8 Å². The van der Waals surface area contributed by atoms with Crippen LogP contribution in [0, 0.1) is 5.92 Å². The van der Waals surface area contributed by atoms with Gasteiger partial charge in [0.05, 0.1) is 12.7 Å². The number of esters is 2. The maximum atomic E-state index is 11.9. The fraction of sp³-hybridized carbons (Fsp3) is 0.556. The van der Waals surface area contributed by atoms with E-state index in [2.05, 4.69) is 0 Å². The van der Waals surface area contributed by atoms with Crippen molar-refractivity contribution in [2.75, 3.05) is 7.11 Å². The Balaban J connectivity index is 2.04. The van der Waals surface area contributed by atoms with E-state index in [1.54, 1.807) is 19.9 Å². The molecule has 5 nitrogen and oxygen atoms in total. The summed E-state index contributed by atoms with van der Waals surface area (Å²) >= 11 is 0. The van der Waals surface area contributed by atoms with E-state index in [0.29, 0.717) is 22.6 Å². The zero-order valence-electron chi connectivity index (χ0n) is 14.0. The molecule has 1 fully saturated rings. The van der Waals surface area contributed by atoms with Gasteiger partial charge < -0.3 is 14.2 Å². The maximum Gasteiger partial charge on any atom is 0.340 e. The van der Waals surface area contributed by atoms with Gasteiger partial charge in [-0.05, 0) is 38.7 Å². The molecule has 0 amide bonds. The molecule has 0 aromatic rings. The average molecular weight is 320 g/mol. The summed E-state index contributed by atoms with van der Waals surface area (Å²) in [6, 6.07) is 0. The van der Waals surface area contributed by atoms with Crippen LogP contribution in [0.2, 0.25) is 0 Å². The van der Waals surface area contributed by atoms with Crippen LogP contribution in [0.3, 0.4) is 0 Å². The smallest absolute Gasteiger partial charge is 0.340 e. The van der Waals surface area contributed by atoms with Crippen LogP contribution in [-0.4, -0.2) is 25.3 Å². The molecule has 0 saturated heterocycles. The summed E-state index contributed by atoms with van der Waals surface area (Å²) in [5, 5.41) is 0. The van der Waals surface area contributed by atoms with Gasteiger partial charge >= 0.3 is 11.9 Å². The van der Waals surface area contributed by atoms with Crippen LogP contribution >= 0.6 is 0 Å². The summed E-state index contributed by atoms with van der Waals surface area (Å²) in [6.45, 7) is 3.46. The standard InChI is InChI=1S/C18H24O5/c1-12-13(2)18(23-16(12)19)22-11-15(17(20)21-3)10-9-14-7-5-4-6-8-14/h9-11,14,18H,4-8H2,1-3H3/b10-9+,15-11+. The summed E-state index contributed by atoms with van der Waals surface area (Å²) in [7, 11) is 1.33. The highest BCUT2D eigenvalue weighted by Gasteiger charge is 2.29. The minimum atomic E-state index is -0.773. The Morgan fingerprint density at radius 1 is 1.22 bits per heavy atom. The lowest BCUT2D eigenvalue weighted by atomic mass is 9.89. The highest BCUT2D eigenvalue weighted by atomic mass is 16.7. The molecule has 0 spiro atoms. The molecule has 126 valence electrons. The van der Waals surface area contributed by atoms with Crippen LogP contribution in [0.1, 0.15) is 46.0 Å². The van der Waals surface area contributed by atoms with Gasteiger partial charge in [0.1, 0.15) is 6.26 Å². The van der Waals surface area contributed by atoms with Gasteiger partial charge in [0.15, 0.2) is 0 Å². The Labute approximate surface area is 137 Å². The van der Waals surface area contributed by atoms with Crippen LogP contribution in [0.4, 0.5) is 0 Å². The summed E-state index contributed by atoms with van der Waals surface area (Å²) in [6.07, 6.45) is 10.3. The lowest BCUT2D eigenvalue weighted by molar-refractivity contribution is -0.153. The molecule has 1 heterocycles. The van der Waals surface area contributed by atoms with Gasteiger partial charge in [-0.2, -0.15) is 0 Å². The number of methoxy groups -OCH3 is 1. The van der Waals surface area contributed by atoms with E-state index in [4.69, 9.17) is 14.2 Å². The van der Waals surface area contributed by atoms with E-state index in [1.807, 2.05) is 6.08 Å². The molecule has 0 N–H and O–H groups in total. The quantitative estimate of drug-likeness (QED) is 0.336. The first-order chi connectivity index (χ1) is 11.0. The van der Waals surface area contributed by atoms with E-state index >= 15 is 0 Å². The summed E-state index contributed by atoms with van der Waals surface area (Å²) in [5.41, 5.74) is 1.57. The minimum absolute atomic E-state index is 0.312. The predicted molar refractivity (Wildman–Crippen MR) is 85.2 cm³/mol. The number of rotatable bonds is 5. The zero-order chi connectivity index (χ0) is 16.8. The van der Waals surface area contributed by atoms with Crippen molar-refractivity contribution >= 4 is 11.9 Å². The predicted octanol–water partition coefficient (Wildman–Crippen LogP) is 3.42. The van der Waals surface area contributed by atoms with Gasteiger partial charge in [-0.1, -0.05) is 25.3 Å². The fourth-order valence-corrected chi connectivity index (χ4v) is 2.72. The Bertz CT molecular complexity index is 550. The third-order valence-corrected chi connectivity index (χ3v) is 4.40. The largest absolute Gasteiger partial charge is 0.465 e. The molecule has 2 aliphatic rings. The van der Waals surface area contributed by atoms with Crippen molar-refractivity contribution in [3.63, 3.8) is 0 Å². The number of ether oxygens (including phenoxy) is 3. The van der Waals surface area contributed by atoms with E-state index in [0.717, 1.165) is 12.8 Å². The molecule has 0 bridgehead atoms. The van der Waals surface area contributed by atoms with E-state index in [-0.39, 0.29) is 0 Å². The van der Waals surface area contributed by atoms with Gasteiger partial charge in [-0.25, -0.2) is 9.59 Å². The van der Waals surface area contributed by atoms with Crippen molar-refractivity contribution in [2.24, 2.45) is 5.92 Å². The van der Waals surface area contributed by atoms with E-state index < -0.39 is 18.2 Å². The molecular weight excluding hydrogens is 296 g/mol. The Morgan fingerprint density at radius 3 is 2.48 bits per heavy atom. The van der Waals surface area contributed by atoms with Gasteiger partial charge in [-0.3, -0.25) is 0 Å². The number of hydrogen-bond acceptors (Lipinski definition) is 5. The average Bonchev–Trinajstić information content (AvgIpc) is 2.82. The van der Waals surface area contributed by atoms with Crippen molar-refractivity contribution in [3.8, 4) is 0 Å². The van der Waals surface area contributed by atoms with Gasteiger partial charge in [-0.15, -0.1) is 0 Å². The van der Waals surface area contributed by atoms with Gasteiger partial charge in [0.25, 0.3) is 6.29 Å². The van der Waals surface area contributed by atoms with Gasteiger partial charge in [0, 0.05) is 11.1 Å². The fourth-order valence-electron chi connectivity index (χ4n) is 2.72. The molecule has 0 radical (unpaired) electrons. The summed E-state index contributed by atoms with van der Waals surface area (Å²) in [5.74, 6) is -0.372. The molecule has 1 saturated carbocycles. The number of carbonyl (C=O) groups excluding carboxylic acids is 2. The molecule has 1 unspecified atom stereocenters. The monoisotopic (exact) mass is 320 g/mol. The highest BCUT2D eigenvalue weighted by Crippen LogP contribution is 2.26. The summed E-state index contributed by atoms with van der Waals surface area (Å²) in [4.78, 5) is 23.3. The van der Waals surface area contributed by atoms with Crippen molar-refractivity contribution in [1.82, 2.24) is 0 Å². The number of allylic oxidation sites excluding steroid dienone is 1. The third-order valence-electron chi connectivity index (χ3n) is 4.40. The van der Waals surface area contributed by atoms with Gasteiger partial charge in [0.2, 0.25) is 0 Å². The first kappa shape index (κ1) is 17.3. The molecule has 1 atom stereocenters. The zero-order valence-corrected chi connectivity index (χ0v) is 14.0. The Hall–Kier alpha value is -2.04. The van der Waals surface area contributed by atoms with Crippen LogP contribution in [0.15, 0.2) is 35.1 Å². The minimum Gasteiger partial charge on any atom is -0.465 e. The van der Waals surface area contributed by atoms with Crippen LogP contribution in [0.5, 0.6) is 0 Å². The molecule has 0 aromatic carbocycles. The molecule has 23 heavy (non-hydrogen) atoms. The lowest BCUT2D eigenvalue weighted by Crippen LogP contribution is -2.14. The third kappa shape index (κ3) is 4.47. The Kier molecular flexibility index (Phi) is 6.02. The SMILES string of the molecule is COC(=O)C(/C=C/C1CCCCC1)=C/OC1OC(=O)C(C)=C1C. The van der Waals surface area contributed by atoms with Crippen molar-refractivity contribution in [1.29, 1.82) is 0 Å². The van der Waals surface area contributed by atoms with Crippen LogP contribution < -0.4 is 0 Å². The molecular formula is C18H24O5. The summed E-state index contributed by atoms with van der Waals surface area (Å²) < 4.78 is 15.3.